The standard InChI is InChI=1S/C27H30FN3O6S/c1-6-38(34,35)30-21-14-22-20(13-19(21)17-11-12-31(15-17)26(33)37-27(2,3)4)23(25(32)29-5)24(36-22)16-7-9-18(28)10-8-16/h7-11,13-14,30H,6,12,15H2,1-5H3,(H,29,32). The molecule has 1 aliphatic rings. The summed E-state index contributed by atoms with van der Waals surface area (Å²) in [4.78, 5) is 27.1. The van der Waals surface area contributed by atoms with Crippen molar-refractivity contribution in [2.45, 2.75) is 33.3 Å². The van der Waals surface area contributed by atoms with Crippen LogP contribution in [-0.2, 0) is 14.8 Å². The SMILES string of the molecule is CCS(=O)(=O)Nc1cc2oc(-c3ccc(F)cc3)c(C(=O)NC)c2cc1C1=CCN(C(=O)OC(C)(C)C)C1. The minimum absolute atomic E-state index is 0.157. The maximum absolute atomic E-state index is 13.6. The predicted molar refractivity (Wildman–Crippen MR) is 144 cm³/mol. The predicted octanol–water partition coefficient (Wildman–Crippen LogP) is 4.99. The van der Waals surface area contributed by atoms with Crippen molar-refractivity contribution >= 4 is 44.3 Å². The zero-order chi connectivity index (χ0) is 27.8. The Hall–Kier alpha value is -3.86. The molecule has 1 aliphatic heterocycles. The van der Waals surface area contributed by atoms with Crippen molar-refractivity contribution in [3.05, 3.63) is 59.4 Å². The van der Waals surface area contributed by atoms with Gasteiger partial charge in [-0.1, -0.05) is 6.08 Å². The summed E-state index contributed by atoms with van der Waals surface area (Å²) in [5, 5.41) is 3.05. The van der Waals surface area contributed by atoms with E-state index in [-0.39, 0.29) is 41.4 Å². The number of amides is 2. The van der Waals surface area contributed by atoms with Gasteiger partial charge in [0.15, 0.2) is 0 Å². The molecule has 0 aliphatic carbocycles. The number of ether oxygens (including phenoxy) is 1. The molecule has 11 heteroatoms. The third-order valence-electron chi connectivity index (χ3n) is 5.95. The summed E-state index contributed by atoms with van der Waals surface area (Å²) in [6.45, 7) is 7.30. The van der Waals surface area contributed by atoms with E-state index in [9.17, 15) is 22.4 Å². The third kappa shape index (κ3) is 5.67. The zero-order valence-corrected chi connectivity index (χ0v) is 22.7. The summed E-state index contributed by atoms with van der Waals surface area (Å²) in [6.07, 6.45) is 1.32. The summed E-state index contributed by atoms with van der Waals surface area (Å²) in [5.74, 6) is -0.799. The van der Waals surface area contributed by atoms with Gasteiger partial charge in [-0.25, -0.2) is 17.6 Å². The first-order valence-electron chi connectivity index (χ1n) is 12.1. The molecule has 0 fully saturated rings. The van der Waals surface area contributed by atoms with Crippen LogP contribution in [0.5, 0.6) is 0 Å². The highest BCUT2D eigenvalue weighted by atomic mass is 32.2. The number of rotatable bonds is 6. The van der Waals surface area contributed by atoms with Crippen LogP contribution in [0.2, 0.25) is 0 Å². The number of hydrogen-bond donors (Lipinski definition) is 2. The molecule has 0 spiro atoms. The second kappa shape index (κ2) is 10.1. The van der Waals surface area contributed by atoms with E-state index in [2.05, 4.69) is 10.0 Å². The summed E-state index contributed by atoms with van der Waals surface area (Å²) >= 11 is 0. The maximum Gasteiger partial charge on any atom is 0.410 e. The van der Waals surface area contributed by atoms with Gasteiger partial charge >= 0.3 is 6.09 Å². The van der Waals surface area contributed by atoms with E-state index in [1.807, 2.05) is 6.08 Å². The van der Waals surface area contributed by atoms with E-state index in [4.69, 9.17) is 9.15 Å². The number of anilines is 1. The molecule has 0 saturated carbocycles. The number of furan rings is 1. The van der Waals surface area contributed by atoms with Crippen molar-refractivity contribution in [1.29, 1.82) is 0 Å². The topological polar surface area (TPSA) is 118 Å². The summed E-state index contributed by atoms with van der Waals surface area (Å²) in [7, 11) is -2.19. The lowest BCUT2D eigenvalue weighted by atomic mass is 9.99. The van der Waals surface area contributed by atoms with Gasteiger partial charge in [-0.3, -0.25) is 9.52 Å². The number of hydrogen-bond acceptors (Lipinski definition) is 6. The fraction of sp³-hybridized carbons (Fsp3) is 0.333. The van der Waals surface area contributed by atoms with E-state index in [1.165, 1.54) is 49.2 Å². The molecule has 0 radical (unpaired) electrons. The van der Waals surface area contributed by atoms with E-state index in [0.717, 1.165) is 0 Å². The molecule has 4 rings (SSSR count). The first-order chi connectivity index (χ1) is 17.8. The van der Waals surface area contributed by atoms with Crippen LogP contribution in [0.3, 0.4) is 0 Å². The second-order valence-corrected chi connectivity index (χ2v) is 11.9. The largest absolute Gasteiger partial charge is 0.455 e. The van der Waals surface area contributed by atoms with Gasteiger partial charge in [0, 0.05) is 42.7 Å². The normalized spacial score (nSPS) is 13.9. The van der Waals surface area contributed by atoms with Crippen LogP contribution in [0.25, 0.3) is 27.9 Å². The van der Waals surface area contributed by atoms with Crippen molar-refractivity contribution in [2.24, 2.45) is 0 Å². The minimum atomic E-state index is -3.67. The van der Waals surface area contributed by atoms with Gasteiger partial charge in [-0.15, -0.1) is 0 Å². The fourth-order valence-electron chi connectivity index (χ4n) is 4.10. The highest BCUT2D eigenvalue weighted by Gasteiger charge is 2.29. The van der Waals surface area contributed by atoms with Crippen molar-refractivity contribution in [2.75, 3.05) is 30.6 Å². The van der Waals surface area contributed by atoms with Gasteiger partial charge in [0.25, 0.3) is 5.91 Å². The molecule has 2 aromatic carbocycles. The average molecular weight is 544 g/mol. The van der Waals surface area contributed by atoms with Gasteiger partial charge < -0.3 is 19.4 Å². The van der Waals surface area contributed by atoms with E-state index in [1.54, 1.807) is 26.8 Å². The summed E-state index contributed by atoms with van der Waals surface area (Å²) < 4.78 is 52.8. The van der Waals surface area contributed by atoms with Gasteiger partial charge in [0.05, 0.1) is 17.0 Å². The van der Waals surface area contributed by atoms with Crippen LogP contribution in [0.15, 0.2) is 46.9 Å². The van der Waals surface area contributed by atoms with Crippen LogP contribution in [0, 0.1) is 5.82 Å². The quantitative estimate of drug-likeness (QED) is 0.452. The van der Waals surface area contributed by atoms with Gasteiger partial charge in [-0.05, 0) is 63.6 Å². The summed E-state index contributed by atoms with van der Waals surface area (Å²) in [6, 6.07) is 8.72. The first-order valence-corrected chi connectivity index (χ1v) is 13.7. The van der Waals surface area contributed by atoms with E-state index >= 15 is 0 Å². The second-order valence-electron chi connectivity index (χ2n) is 9.88. The Morgan fingerprint density at radius 2 is 1.84 bits per heavy atom. The Kier molecular flexibility index (Phi) is 7.24. The number of fused-ring (bicyclic) bond motifs is 1. The first kappa shape index (κ1) is 27.2. The highest BCUT2D eigenvalue weighted by molar-refractivity contribution is 7.92. The lowest BCUT2D eigenvalue weighted by molar-refractivity contribution is 0.0306. The number of halogens is 1. The Balaban J connectivity index is 1.86. The molecule has 202 valence electrons. The molecule has 3 aromatic rings. The molecule has 2 N–H and O–H groups in total. The van der Waals surface area contributed by atoms with Crippen molar-refractivity contribution in [1.82, 2.24) is 10.2 Å². The Labute approximate surface area is 220 Å². The minimum Gasteiger partial charge on any atom is -0.455 e. The zero-order valence-electron chi connectivity index (χ0n) is 21.8. The molecule has 38 heavy (non-hydrogen) atoms. The average Bonchev–Trinajstić information content (AvgIpc) is 3.47. The molecular weight excluding hydrogens is 513 g/mol. The molecule has 2 amide bonds. The lowest BCUT2D eigenvalue weighted by Gasteiger charge is -2.24. The number of nitrogens with one attached hydrogen (secondary N) is 2. The van der Waals surface area contributed by atoms with Gasteiger partial charge in [0.2, 0.25) is 10.0 Å². The third-order valence-corrected chi connectivity index (χ3v) is 7.24. The van der Waals surface area contributed by atoms with Crippen LogP contribution in [0.1, 0.15) is 43.6 Å². The molecular formula is C27H30FN3O6S. The van der Waals surface area contributed by atoms with E-state index < -0.39 is 33.4 Å². The van der Waals surface area contributed by atoms with Crippen molar-refractivity contribution in [3.63, 3.8) is 0 Å². The van der Waals surface area contributed by atoms with Crippen molar-refractivity contribution in [3.8, 4) is 11.3 Å². The number of benzene rings is 2. The van der Waals surface area contributed by atoms with E-state index in [0.29, 0.717) is 22.1 Å². The number of carbonyl (C=O) groups excluding carboxylic acids is 2. The number of sulfonamides is 1. The Morgan fingerprint density at radius 3 is 2.45 bits per heavy atom. The molecule has 9 nitrogen and oxygen atoms in total. The van der Waals surface area contributed by atoms with Crippen LogP contribution in [0.4, 0.5) is 14.9 Å². The number of carbonyl (C=O) groups is 2. The fourth-order valence-corrected chi connectivity index (χ4v) is 4.75. The molecule has 0 atom stereocenters. The number of nitrogens with zero attached hydrogens (tertiary/aromatic N) is 1. The highest BCUT2D eigenvalue weighted by Crippen LogP contribution is 2.39. The maximum atomic E-state index is 13.6. The Bertz CT molecular complexity index is 1540. The Morgan fingerprint density at radius 1 is 1.16 bits per heavy atom. The molecule has 2 heterocycles. The smallest absolute Gasteiger partial charge is 0.410 e. The van der Waals surface area contributed by atoms with Gasteiger partial charge in [-0.2, -0.15) is 0 Å². The molecule has 0 unspecified atom stereocenters. The van der Waals surface area contributed by atoms with Crippen LogP contribution in [-0.4, -0.2) is 56.8 Å². The monoisotopic (exact) mass is 543 g/mol. The lowest BCUT2D eigenvalue weighted by Crippen LogP contribution is -2.35. The van der Waals surface area contributed by atoms with Crippen LogP contribution >= 0.6 is 0 Å². The van der Waals surface area contributed by atoms with Crippen molar-refractivity contribution < 1.29 is 31.6 Å². The molecule has 0 saturated heterocycles. The molecule has 1 aromatic heterocycles. The summed E-state index contributed by atoms with van der Waals surface area (Å²) in [5.41, 5.74) is 1.73. The van der Waals surface area contributed by atoms with Gasteiger partial charge in [0.1, 0.15) is 22.8 Å². The van der Waals surface area contributed by atoms with Crippen LogP contribution < -0.4 is 10.0 Å². The molecule has 0 bridgehead atoms.